The van der Waals surface area contributed by atoms with Crippen molar-refractivity contribution in [3.05, 3.63) is 78.9 Å². The fourth-order valence-electron chi connectivity index (χ4n) is 4.14. The number of hydrogen-bond acceptors (Lipinski definition) is 7. The number of aromatic amines is 2. The quantitative estimate of drug-likeness (QED) is 0.239. The van der Waals surface area contributed by atoms with Crippen LogP contribution in [-0.4, -0.2) is 76.5 Å². The standard InChI is InChI=1S/C28H29N7O3/c1-37-13-11-35(12-14-38-2)28(36)25-15-20-3-4-21(16-24(20)33-25)27-29-10-9-26(34-27)32-23-7-5-19(6-8-23)22-17-30-31-18-22/h3-10,15-18,33H,11-14H2,1-2H3,(H,30,31)(H,29,32,34). The van der Waals surface area contributed by atoms with Crippen molar-refractivity contribution in [2.24, 2.45) is 0 Å². The summed E-state index contributed by atoms with van der Waals surface area (Å²) in [6.07, 6.45) is 5.37. The van der Waals surface area contributed by atoms with Crippen LogP contribution in [0.25, 0.3) is 33.4 Å². The first-order valence-corrected chi connectivity index (χ1v) is 12.2. The van der Waals surface area contributed by atoms with Crippen molar-refractivity contribution >= 4 is 28.3 Å². The summed E-state index contributed by atoms with van der Waals surface area (Å²) in [6.45, 7) is 1.88. The Kier molecular flexibility index (Phi) is 7.72. The minimum absolute atomic E-state index is 0.0990. The monoisotopic (exact) mass is 511 g/mol. The Hall–Kier alpha value is -4.54. The molecule has 0 atom stereocenters. The first-order valence-electron chi connectivity index (χ1n) is 12.2. The maximum Gasteiger partial charge on any atom is 0.270 e. The predicted octanol–water partition coefficient (Wildman–Crippen LogP) is 4.49. The van der Waals surface area contributed by atoms with E-state index in [2.05, 4.69) is 25.5 Å². The predicted molar refractivity (Wildman–Crippen MR) is 146 cm³/mol. The van der Waals surface area contributed by atoms with Gasteiger partial charge in [-0.05, 0) is 35.9 Å². The molecule has 38 heavy (non-hydrogen) atoms. The molecule has 0 saturated heterocycles. The van der Waals surface area contributed by atoms with Gasteiger partial charge in [-0.2, -0.15) is 5.10 Å². The molecule has 0 spiro atoms. The van der Waals surface area contributed by atoms with Gasteiger partial charge in [0.25, 0.3) is 5.91 Å². The molecule has 0 aliphatic heterocycles. The number of H-pyrrole nitrogens is 2. The smallest absolute Gasteiger partial charge is 0.270 e. The number of benzene rings is 2. The van der Waals surface area contributed by atoms with Crippen molar-refractivity contribution in [2.75, 3.05) is 45.8 Å². The van der Waals surface area contributed by atoms with Crippen molar-refractivity contribution in [3.8, 4) is 22.5 Å². The fraction of sp³-hybridized carbons (Fsp3) is 0.214. The number of anilines is 2. The van der Waals surface area contributed by atoms with E-state index in [9.17, 15) is 4.79 Å². The van der Waals surface area contributed by atoms with Gasteiger partial charge in [-0.25, -0.2) is 9.97 Å². The van der Waals surface area contributed by atoms with Gasteiger partial charge in [0, 0.05) is 67.4 Å². The lowest BCUT2D eigenvalue weighted by Crippen LogP contribution is -2.36. The van der Waals surface area contributed by atoms with Gasteiger partial charge in [-0.1, -0.05) is 24.3 Å². The molecule has 10 nitrogen and oxygen atoms in total. The second kappa shape index (κ2) is 11.7. The molecule has 0 fully saturated rings. The average Bonchev–Trinajstić information content (AvgIpc) is 3.64. The zero-order chi connectivity index (χ0) is 26.3. The van der Waals surface area contributed by atoms with Gasteiger partial charge in [-0.3, -0.25) is 9.89 Å². The number of carbonyl (C=O) groups is 1. The van der Waals surface area contributed by atoms with E-state index in [1.54, 1.807) is 31.5 Å². The topological polar surface area (TPSA) is 121 Å². The number of ether oxygens (including phenoxy) is 2. The lowest BCUT2D eigenvalue weighted by Gasteiger charge is -2.21. The van der Waals surface area contributed by atoms with Gasteiger partial charge in [0.2, 0.25) is 0 Å². The molecule has 5 rings (SSSR count). The number of hydrogen-bond donors (Lipinski definition) is 3. The zero-order valence-corrected chi connectivity index (χ0v) is 21.3. The average molecular weight is 512 g/mol. The minimum atomic E-state index is -0.0990. The van der Waals surface area contributed by atoms with E-state index < -0.39 is 0 Å². The number of rotatable bonds is 11. The maximum atomic E-state index is 13.1. The Bertz CT molecular complexity index is 1490. The number of nitrogens with zero attached hydrogens (tertiary/aromatic N) is 4. The van der Waals surface area contributed by atoms with Crippen LogP contribution in [0.3, 0.4) is 0 Å². The Balaban J connectivity index is 1.33. The molecular formula is C28H29N7O3. The van der Waals surface area contributed by atoms with Crippen molar-refractivity contribution in [2.45, 2.75) is 0 Å². The minimum Gasteiger partial charge on any atom is -0.383 e. The van der Waals surface area contributed by atoms with Gasteiger partial charge in [0.15, 0.2) is 5.82 Å². The van der Waals surface area contributed by atoms with E-state index in [0.29, 0.717) is 43.6 Å². The third kappa shape index (κ3) is 5.72. The molecule has 10 heteroatoms. The Morgan fingerprint density at radius 1 is 0.947 bits per heavy atom. The summed E-state index contributed by atoms with van der Waals surface area (Å²) in [6, 6.07) is 17.6. The third-order valence-corrected chi connectivity index (χ3v) is 6.17. The Labute approximate surface area is 220 Å². The van der Waals surface area contributed by atoms with E-state index in [1.807, 2.05) is 60.8 Å². The number of nitrogens with one attached hydrogen (secondary N) is 3. The fourth-order valence-corrected chi connectivity index (χ4v) is 4.14. The van der Waals surface area contributed by atoms with Crippen LogP contribution in [0.2, 0.25) is 0 Å². The van der Waals surface area contributed by atoms with Crippen LogP contribution in [0, 0.1) is 0 Å². The number of methoxy groups -OCH3 is 2. The van der Waals surface area contributed by atoms with E-state index in [-0.39, 0.29) is 5.91 Å². The number of amides is 1. The summed E-state index contributed by atoms with van der Waals surface area (Å²) in [5.41, 5.74) is 5.21. The SMILES string of the molecule is COCCN(CCOC)C(=O)c1cc2ccc(-c3nccc(Nc4ccc(-c5cn[nH]c5)cc4)n3)cc2[nH]1. The van der Waals surface area contributed by atoms with Gasteiger partial charge >= 0.3 is 0 Å². The Morgan fingerprint density at radius 2 is 1.71 bits per heavy atom. The second-order valence-electron chi connectivity index (χ2n) is 8.72. The van der Waals surface area contributed by atoms with Gasteiger partial charge < -0.3 is 24.7 Å². The highest BCUT2D eigenvalue weighted by molar-refractivity contribution is 5.98. The van der Waals surface area contributed by atoms with Crippen LogP contribution in [0.15, 0.2) is 73.2 Å². The molecule has 0 aliphatic rings. The highest BCUT2D eigenvalue weighted by Gasteiger charge is 2.18. The Morgan fingerprint density at radius 3 is 2.42 bits per heavy atom. The third-order valence-electron chi connectivity index (χ3n) is 6.17. The van der Waals surface area contributed by atoms with Crippen molar-refractivity contribution < 1.29 is 14.3 Å². The molecule has 1 amide bonds. The summed E-state index contributed by atoms with van der Waals surface area (Å²) >= 11 is 0. The molecule has 3 aromatic heterocycles. The lowest BCUT2D eigenvalue weighted by molar-refractivity contribution is 0.0623. The van der Waals surface area contributed by atoms with Crippen LogP contribution in [0.5, 0.6) is 0 Å². The van der Waals surface area contributed by atoms with Crippen molar-refractivity contribution in [1.29, 1.82) is 0 Å². The largest absolute Gasteiger partial charge is 0.383 e. The molecule has 0 unspecified atom stereocenters. The van der Waals surface area contributed by atoms with E-state index in [4.69, 9.17) is 14.5 Å². The number of carbonyl (C=O) groups excluding carboxylic acids is 1. The summed E-state index contributed by atoms with van der Waals surface area (Å²) in [7, 11) is 3.24. The summed E-state index contributed by atoms with van der Waals surface area (Å²) in [5, 5.41) is 11.1. The van der Waals surface area contributed by atoms with Gasteiger partial charge in [-0.15, -0.1) is 0 Å². The lowest BCUT2D eigenvalue weighted by atomic mass is 10.1. The van der Waals surface area contributed by atoms with Gasteiger partial charge in [0.1, 0.15) is 11.5 Å². The van der Waals surface area contributed by atoms with Crippen LogP contribution >= 0.6 is 0 Å². The van der Waals surface area contributed by atoms with Crippen LogP contribution in [-0.2, 0) is 9.47 Å². The molecule has 5 aromatic rings. The molecule has 194 valence electrons. The van der Waals surface area contributed by atoms with Crippen molar-refractivity contribution in [1.82, 2.24) is 30.0 Å². The van der Waals surface area contributed by atoms with Crippen molar-refractivity contribution in [3.63, 3.8) is 0 Å². The molecular weight excluding hydrogens is 482 g/mol. The summed E-state index contributed by atoms with van der Waals surface area (Å²) in [4.78, 5) is 27.3. The number of fused-ring (bicyclic) bond motifs is 1. The molecule has 0 radical (unpaired) electrons. The second-order valence-corrected chi connectivity index (χ2v) is 8.72. The van der Waals surface area contributed by atoms with E-state index >= 15 is 0 Å². The first kappa shape index (κ1) is 25.1. The maximum absolute atomic E-state index is 13.1. The molecule has 0 bridgehead atoms. The summed E-state index contributed by atoms with van der Waals surface area (Å²) in [5.74, 6) is 1.16. The van der Waals surface area contributed by atoms with Crippen LogP contribution in [0.1, 0.15) is 10.5 Å². The summed E-state index contributed by atoms with van der Waals surface area (Å²) < 4.78 is 10.3. The highest BCUT2D eigenvalue weighted by Crippen LogP contribution is 2.25. The molecule has 3 heterocycles. The van der Waals surface area contributed by atoms with Gasteiger partial charge in [0.05, 0.1) is 19.4 Å². The van der Waals surface area contributed by atoms with Crippen LogP contribution in [0.4, 0.5) is 11.5 Å². The zero-order valence-electron chi connectivity index (χ0n) is 21.3. The molecule has 3 N–H and O–H groups in total. The van der Waals surface area contributed by atoms with E-state index in [1.165, 1.54) is 0 Å². The molecule has 0 aliphatic carbocycles. The van der Waals surface area contributed by atoms with Crippen LogP contribution < -0.4 is 5.32 Å². The molecule has 2 aromatic carbocycles. The highest BCUT2D eigenvalue weighted by atomic mass is 16.5. The number of aromatic nitrogens is 5. The normalized spacial score (nSPS) is 11.1. The molecule has 0 saturated carbocycles. The first-order chi connectivity index (χ1) is 18.6. The van der Waals surface area contributed by atoms with E-state index in [0.717, 1.165) is 33.3 Å².